The maximum absolute atomic E-state index is 10.9. The van der Waals surface area contributed by atoms with Crippen LogP contribution in [0.4, 0.5) is 0 Å². The first kappa shape index (κ1) is 12.7. The summed E-state index contributed by atoms with van der Waals surface area (Å²) in [6.07, 6.45) is 0.0977. The topological polar surface area (TPSA) is 67.8 Å². The molecule has 0 saturated heterocycles. The minimum absolute atomic E-state index is 0.0664. The number of fused-ring (bicyclic) bond motifs is 1. The van der Waals surface area contributed by atoms with E-state index >= 15 is 0 Å². The Morgan fingerprint density at radius 2 is 2.11 bits per heavy atom. The van der Waals surface area contributed by atoms with Crippen LogP contribution in [-0.2, 0) is 4.79 Å². The van der Waals surface area contributed by atoms with Gasteiger partial charge in [0, 0.05) is 12.5 Å². The monoisotopic (exact) mass is 251 g/mol. The molecule has 1 heterocycles. The second kappa shape index (κ2) is 5.73. The molecule has 5 nitrogen and oxygen atoms in total. The predicted molar refractivity (Wildman–Crippen MR) is 66.4 cm³/mol. The first-order valence-corrected chi connectivity index (χ1v) is 5.96. The molecule has 0 amide bonds. The van der Waals surface area contributed by atoms with Crippen molar-refractivity contribution in [1.82, 2.24) is 5.32 Å². The van der Waals surface area contributed by atoms with Gasteiger partial charge in [0.2, 0.25) is 0 Å². The maximum Gasteiger partial charge on any atom is 0.304 e. The van der Waals surface area contributed by atoms with E-state index < -0.39 is 5.97 Å². The molecule has 1 aromatic carbocycles. The van der Waals surface area contributed by atoms with Crippen molar-refractivity contribution >= 4 is 5.97 Å². The van der Waals surface area contributed by atoms with Crippen LogP contribution in [0.15, 0.2) is 18.2 Å². The molecule has 0 saturated carbocycles. The summed E-state index contributed by atoms with van der Waals surface area (Å²) < 4.78 is 10.9. The standard InChI is InChI=1S/C13H17NO4/c1-14-8-10(7-13(15)16)9-2-3-11-12(6-9)18-5-4-17-11/h2-3,6,10,14H,4-5,7-8H2,1H3,(H,15,16). The number of hydrogen-bond acceptors (Lipinski definition) is 4. The van der Waals surface area contributed by atoms with Gasteiger partial charge in [0.15, 0.2) is 11.5 Å². The molecule has 1 aliphatic rings. The number of ether oxygens (including phenoxy) is 2. The van der Waals surface area contributed by atoms with Crippen LogP contribution in [0.5, 0.6) is 11.5 Å². The SMILES string of the molecule is CNCC(CC(=O)O)c1ccc2c(c1)OCCO2. The molecule has 18 heavy (non-hydrogen) atoms. The normalized spacial score (nSPS) is 15.2. The highest BCUT2D eigenvalue weighted by Gasteiger charge is 2.18. The second-order valence-corrected chi connectivity index (χ2v) is 4.26. The summed E-state index contributed by atoms with van der Waals surface area (Å²) in [5.74, 6) is 0.558. The lowest BCUT2D eigenvalue weighted by atomic mass is 9.95. The minimum Gasteiger partial charge on any atom is -0.486 e. The average molecular weight is 251 g/mol. The van der Waals surface area contributed by atoms with Crippen LogP contribution in [-0.4, -0.2) is 37.9 Å². The fraction of sp³-hybridized carbons (Fsp3) is 0.462. The summed E-state index contributed by atoms with van der Waals surface area (Å²) in [5.41, 5.74) is 0.955. The predicted octanol–water partition coefficient (Wildman–Crippen LogP) is 1.24. The number of hydrogen-bond donors (Lipinski definition) is 2. The van der Waals surface area contributed by atoms with Crippen molar-refractivity contribution in [1.29, 1.82) is 0 Å². The molecule has 0 fully saturated rings. The van der Waals surface area contributed by atoms with E-state index in [1.165, 1.54) is 0 Å². The molecule has 1 aliphatic heterocycles. The van der Waals surface area contributed by atoms with Crippen molar-refractivity contribution in [2.24, 2.45) is 0 Å². The Hall–Kier alpha value is -1.75. The zero-order valence-corrected chi connectivity index (χ0v) is 10.3. The Bertz CT molecular complexity index is 433. The fourth-order valence-corrected chi connectivity index (χ4v) is 2.08. The molecule has 0 aromatic heterocycles. The van der Waals surface area contributed by atoms with Crippen LogP contribution < -0.4 is 14.8 Å². The van der Waals surface area contributed by atoms with Gasteiger partial charge in [0.05, 0.1) is 6.42 Å². The molecule has 0 radical (unpaired) electrons. The van der Waals surface area contributed by atoms with E-state index in [1.807, 2.05) is 25.2 Å². The maximum atomic E-state index is 10.9. The summed E-state index contributed by atoms with van der Waals surface area (Å²) in [6.45, 7) is 1.71. The third-order valence-corrected chi connectivity index (χ3v) is 2.91. The molecule has 0 spiro atoms. The van der Waals surface area contributed by atoms with E-state index in [0.717, 1.165) is 11.3 Å². The number of benzene rings is 1. The lowest BCUT2D eigenvalue weighted by Crippen LogP contribution is -2.21. The summed E-state index contributed by atoms with van der Waals surface area (Å²) in [6, 6.07) is 5.62. The molecular weight excluding hydrogens is 234 g/mol. The van der Waals surface area contributed by atoms with Gasteiger partial charge >= 0.3 is 5.97 Å². The number of aliphatic carboxylic acids is 1. The van der Waals surface area contributed by atoms with Crippen LogP contribution in [0.25, 0.3) is 0 Å². The first-order valence-electron chi connectivity index (χ1n) is 5.96. The van der Waals surface area contributed by atoms with Crippen molar-refractivity contribution in [3.8, 4) is 11.5 Å². The van der Waals surface area contributed by atoms with E-state index in [2.05, 4.69) is 5.32 Å². The third-order valence-electron chi connectivity index (χ3n) is 2.91. The number of likely N-dealkylation sites (N-methyl/N-ethyl adjacent to an activating group) is 1. The number of rotatable bonds is 5. The highest BCUT2D eigenvalue weighted by Crippen LogP contribution is 2.33. The molecule has 0 aliphatic carbocycles. The molecule has 0 bridgehead atoms. The van der Waals surface area contributed by atoms with Crippen LogP contribution >= 0.6 is 0 Å². The summed E-state index contributed by atoms with van der Waals surface area (Å²) >= 11 is 0. The van der Waals surface area contributed by atoms with Gasteiger partial charge < -0.3 is 19.9 Å². The fourth-order valence-electron chi connectivity index (χ4n) is 2.08. The Labute approximate surface area is 106 Å². The van der Waals surface area contributed by atoms with Gasteiger partial charge in [-0.05, 0) is 24.7 Å². The molecule has 1 aromatic rings. The third kappa shape index (κ3) is 2.92. The summed E-state index contributed by atoms with van der Waals surface area (Å²) in [5, 5.41) is 11.9. The number of nitrogens with one attached hydrogen (secondary N) is 1. The Balaban J connectivity index is 2.21. The highest BCUT2D eigenvalue weighted by atomic mass is 16.6. The van der Waals surface area contributed by atoms with Crippen molar-refractivity contribution in [2.75, 3.05) is 26.8 Å². The van der Waals surface area contributed by atoms with E-state index in [4.69, 9.17) is 14.6 Å². The van der Waals surface area contributed by atoms with Crippen LogP contribution in [0, 0.1) is 0 Å². The molecule has 2 N–H and O–H groups in total. The first-order chi connectivity index (χ1) is 8.70. The highest BCUT2D eigenvalue weighted by molar-refractivity contribution is 5.68. The van der Waals surface area contributed by atoms with Crippen molar-refractivity contribution in [2.45, 2.75) is 12.3 Å². The van der Waals surface area contributed by atoms with Crippen molar-refractivity contribution in [3.63, 3.8) is 0 Å². The van der Waals surface area contributed by atoms with E-state index in [9.17, 15) is 4.79 Å². The average Bonchev–Trinajstić information content (AvgIpc) is 2.37. The largest absolute Gasteiger partial charge is 0.486 e. The number of carbonyl (C=O) groups is 1. The Morgan fingerprint density at radius 1 is 1.39 bits per heavy atom. The van der Waals surface area contributed by atoms with E-state index in [-0.39, 0.29) is 12.3 Å². The van der Waals surface area contributed by atoms with Crippen molar-refractivity contribution in [3.05, 3.63) is 23.8 Å². The van der Waals surface area contributed by atoms with Crippen molar-refractivity contribution < 1.29 is 19.4 Å². The number of carboxylic acids is 1. The van der Waals surface area contributed by atoms with Gasteiger partial charge in [0.25, 0.3) is 0 Å². The zero-order chi connectivity index (χ0) is 13.0. The molecule has 1 unspecified atom stereocenters. The van der Waals surface area contributed by atoms with Crippen LogP contribution in [0.1, 0.15) is 17.9 Å². The quantitative estimate of drug-likeness (QED) is 0.824. The zero-order valence-electron chi connectivity index (χ0n) is 10.3. The van der Waals surface area contributed by atoms with Gasteiger partial charge in [-0.3, -0.25) is 4.79 Å². The minimum atomic E-state index is -0.801. The summed E-state index contributed by atoms with van der Waals surface area (Å²) in [4.78, 5) is 10.9. The molecule has 98 valence electrons. The lowest BCUT2D eigenvalue weighted by Gasteiger charge is -2.21. The van der Waals surface area contributed by atoms with E-state index in [1.54, 1.807) is 0 Å². The Kier molecular flexibility index (Phi) is 4.04. The Morgan fingerprint density at radius 3 is 2.78 bits per heavy atom. The molecule has 5 heteroatoms. The van der Waals surface area contributed by atoms with Gasteiger partial charge in [-0.1, -0.05) is 6.07 Å². The second-order valence-electron chi connectivity index (χ2n) is 4.26. The molecule has 2 rings (SSSR count). The van der Waals surface area contributed by atoms with Crippen LogP contribution in [0.2, 0.25) is 0 Å². The van der Waals surface area contributed by atoms with Gasteiger partial charge in [-0.25, -0.2) is 0 Å². The molecular formula is C13H17NO4. The number of carboxylic acid groups (broad SMARTS) is 1. The smallest absolute Gasteiger partial charge is 0.304 e. The summed E-state index contributed by atoms with van der Waals surface area (Å²) in [7, 11) is 1.81. The molecule has 1 atom stereocenters. The van der Waals surface area contributed by atoms with Gasteiger partial charge in [-0.15, -0.1) is 0 Å². The lowest BCUT2D eigenvalue weighted by molar-refractivity contribution is -0.137. The van der Waals surface area contributed by atoms with E-state index in [0.29, 0.717) is 25.5 Å². The van der Waals surface area contributed by atoms with Gasteiger partial charge in [-0.2, -0.15) is 0 Å². The van der Waals surface area contributed by atoms with Crippen LogP contribution in [0.3, 0.4) is 0 Å². The van der Waals surface area contributed by atoms with Gasteiger partial charge in [0.1, 0.15) is 13.2 Å².